The Morgan fingerprint density at radius 2 is 2.20 bits per heavy atom. The van der Waals surface area contributed by atoms with Crippen molar-refractivity contribution in [3.8, 4) is 0 Å². The van der Waals surface area contributed by atoms with E-state index in [9.17, 15) is 4.79 Å². The molecule has 108 valence electrons. The zero-order valence-electron chi connectivity index (χ0n) is 12.0. The summed E-state index contributed by atoms with van der Waals surface area (Å²) < 4.78 is 0. The standard InChI is InChI=1S/C17H22ClNO/c1-12(19-9-3-6-17(19)20)13-7-8-15(10-13)14-4-2-5-16(18)11-14/h2,4-5,11-13,15H,3,6-10H2,1H3/t12-,13-,15+/m0/s1. The fourth-order valence-electron chi connectivity index (χ4n) is 3.87. The summed E-state index contributed by atoms with van der Waals surface area (Å²) in [5.41, 5.74) is 1.36. The van der Waals surface area contributed by atoms with Gasteiger partial charge >= 0.3 is 0 Å². The van der Waals surface area contributed by atoms with Gasteiger partial charge in [0, 0.05) is 24.0 Å². The van der Waals surface area contributed by atoms with Crippen molar-refractivity contribution >= 4 is 17.5 Å². The molecule has 1 saturated carbocycles. The van der Waals surface area contributed by atoms with Crippen LogP contribution in [0.5, 0.6) is 0 Å². The molecular formula is C17H22ClNO. The largest absolute Gasteiger partial charge is 0.340 e. The fraction of sp³-hybridized carbons (Fsp3) is 0.588. The van der Waals surface area contributed by atoms with Crippen molar-refractivity contribution in [3.63, 3.8) is 0 Å². The molecule has 1 heterocycles. The highest BCUT2D eigenvalue weighted by molar-refractivity contribution is 6.30. The zero-order chi connectivity index (χ0) is 14.1. The maximum absolute atomic E-state index is 11.9. The highest BCUT2D eigenvalue weighted by atomic mass is 35.5. The first kappa shape index (κ1) is 13.9. The van der Waals surface area contributed by atoms with E-state index in [1.54, 1.807) is 0 Å². The van der Waals surface area contributed by atoms with Gasteiger partial charge < -0.3 is 4.90 Å². The number of carbonyl (C=O) groups excluding carboxylic acids is 1. The number of carbonyl (C=O) groups is 1. The van der Waals surface area contributed by atoms with Crippen LogP contribution in [0.4, 0.5) is 0 Å². The van der Waals surface area contributed by atoms with Crippen molar-refractivity contribution in [2.75, 3.05) is 6.54 Å². The minimum absolute atomic E-state index is 0.351. The van der Waals surface area contributed by atoms with Crippen LogP contribution in [0.1, 0.15) is 50.5 Å². The van der Waals surface area contributed by atoms with Gasteiger partial charge in [-0.15, -0.1) is 0 Å². The summed E-state index contributed by atoms with van der Waals surface area (Å²) in [6.45, 7) is 3.19. The zero-order valence-corrected chi connectivity index (χ0v) is 12.8. The third kappa shape index (κ3) is 2.71. The van der Waals surface area contributed by atoms with E-state index < -0.39 is 0 Å². The van der Waals surface area contributed by atoms with Crippen molar-refractivity contribution in [3.05, 3.63) is 34.9 Å². The van der Waals surface area contributed by atoms with E-state index in [4.69, 9.17) is 11.6 Å². The Labute approximate surface area is 126 Å². The molecule has 3 atom stereocenters. The highest BCUT2D eigenvalue weighted by Crippen LogP contribution is 2.41. The van der Waals surface area contributed by atoms with Crippen LogP contribution in [0.25, 0.3) is 0 Å². The van der Waals surface area contributed by atoms with E-state index in [-0.39, 0.29) is 0 Å². The van der Waals surface area contributed by atoms with Crippen LogP contribution in [0.3, 0.4) is 0 Å². The van der Waals surface area contributed by atoms with Crippen LogP contribution in [0.15, 0.2) is 24.3 Å². The molecule has 1 saturated heterocycles. The number of rotatable bonds is 3. The van der Waals surface area contributed by atoms with Gasteiger partial charge in [-0.25, -0.2) is 0 Å². The molecule has 1 aromatic rings. The highest BCUT2D eigenvalue weighted by Gasteiger charge is 2.35. The van der Waals surface area contributed by atoms with E-state index in [2.05, 4.69) is 24.0 Å². The molecule has 1 aliphatic carbocycles. The van der Waals surface area contributed by atoms with Gasteiger partial charge in [0.1, 0.15) is 0 Å². The molecule has 0 bridgehead atoms. The van der Waals surface area contributed by atoms with Gasteiger partial charge in [0.15, 0.2) is 0 Å². The van der Waals surface area contributed by atoms with Crippen LogP contribution in [0, 0.1) is 5.92 Å². The summed E-state index contributed by atoms with van der Waals surface area (Å²) in [6, 6.07) is 8.65. The first-order valence-electron chi connectivity index (χ1n) is 7.70. The number of hydrogen-bond donors (Lipinski definition) is 0. The molecular weight excluding hydrogens is 270 g/mol. The van der Waals surface area contributed by atoms with Gasteiger partial charge in [0.2, 0.25) is 5.91 Å². The summed E-state index contributed by atoms with van der Waals surface area (Å²) in [5.74, 6) is 1.60. The number of benzene rings is 1. The van der Waals surface area contributed by atoms with E-state index >= 15 is 0 Å². The van der Waals surface area contributed by atoms with Crippen molar-refractivity contribution in [1.82, 2.24) is 4.90 Å². The van der Waals surface area contributed by atoms with Gasteiger partial charge in [-0.3, -0.25) is 4.79 Å². The maximum Gasteiger partial charge on any atom is 0.222 e. The lowest BCUT2D eigenvalue weighted by atomic mass is 9.93. The number of hydrogen-bond acceptors (Lipinski definition) is 1. The predicted molar refractivity (Wildman–Crippen MR) is 81.9 cm³/mol. The quantitative estimate of drug-likeness (QED) is 0.816. The summed E-state index contributed by atoms with van der Waals surface area (Å²) in [4.78, 5) is 14.0. The van der Waals surface area contributed by atoms with E-state index in [0.29, 0.717) is 23.8 Å². The molecule has 2 nitrogen and oxygen atoms in total. The van der Waals surface area contributed by atoms with Crippen LogP contribution in [-0.4, -0.2) is 23.4 Å². The molecule has 1 aromatic carbocycles. The number of likely N-dealkylation sites (tertiary alicyclic amines) is 1. The Kier molecular flexibility index (Phi) is 4.02. The first-order chi connectivity index (χ1) is 9.65. The maximum atomic E-state index is 11.9. The molecule has 0 unspecified atom stereocenters. The van der Waals surface area contributed by atoms with Gasteiger partial charge in [0.05, 0.1) is 0 Å². The summed E-state index contributed by atoms with van der Waals surface area (Å²) >= 11 is 6.09. The summed E-state index contributed by atoms with van der Waals surface area (Å²) in [6.07, 6.45) is 5.41. The van der Waals surface area contributed by atoms with Crippen molar-refractivity contribution in [2.45, 2.75) is 51.0 Å². The smallest absolute Gasteiger partial charge is 0.222 e. The lowest BCUT2D eigenvalue weighted by Gasteiger charge is -2.29. The third-order valence-electron chi connectivity index (χ3n) is 5.08. The minimum Gasteiger partial charge on any atom is -0.340 e. The van der Waals surface area contributed by atoms with Crippen LogP contribution in [-0.2, 0) is 4.79 Å². The van der Waals surface area contributed by atoms with E-state index in [1.807, 2.05) is 12.1 Å². The normalized spacial score (nSPS) is 28.1. The fourth-order valence-corrected chi connectivity index (χ4v) is 4.07. The van der Waals surface area contributed by atoms with Crippen LogP contribution in [0.2, 0.25) is 5.02 Å². The molecule has 2 aliphatic rings. The SMILES string of the molecule is C[C@@H]([C@H]1CC[C@@H](c2cccc(Cl)c2)C1)N1CCCC1=O. The summed E-state index contributed by atoms with van der Waals surface area (Å²) in [5, 5.41) is 0.828. The van der Waals surface area contributed by atoms with Crippen molar-refractivity contribution in [1.29, 1.82) is 0 Å². The average Bonchev–Trinajstić information content (AvgIpc) is 3.07. The van der Waals surface area contributed by atoms with Crippen molar-refractivity contribution < 1.29 is 4.79 Å². The van der Waals surface area contributed by atoms with E-state index in [0.717, 1.165) is 24.4 Å². The second-order valence-corrected chi connectivity index (χ2v) is 6.69. The molecule has 2 fully saturated rings. The molecule has 0 aromatic heterocycles. The second kappa shape index (κ2) is 5.77. The topological polar surface area (TPSA) is 20.3 Å². The van der Waals surface area contributed by atoms with Crippen LogP contribution >= 0.6 is 11.6 Å². The minimum atomic E-state index is 0.351. The van der Waals surface area contributed by atoms with Gasteiger partial charge in [-0.2, -0.15) is 0 Å². The van der Waals surface area contributed by atoms with Gasteiger partial charge in [0.25, 0.3) is 0 Å². The molecule has 3 heteroatoms. The molecule has 3 rings (SSSR count). The molecule has 20 heavy (non-hydrogen) atoms. The molecule has 0 radical (unpaired) electrons. The average molecular weight is 292 g/mol. The van der Waals surface area contributed by atoms with E-state index in [1.165, 1.54) is 24.8 Å². The monoisotopic (exact) mass is 291 g/mol. The lowest BCUT2D eigenvalue weighted by Crippen LogP contribution is -2.38. The Hall–Kier alpha value is -1.02. The van der Waals surface area contributed by atoms with Crippen molar-refractivity contribution in [2.24, 2.45) is 5.92 Å². The number of nitrogens with zero attached hydrogens (tertiary/aromatic N) is 1. The molecule has 0 spiro atoms. The Morgan fingerprint density at radius 1 is 1.35 bits per heavy atom. The second-order valence-electron chi connectivity index (χ2n) is 6.26. The van der Waals surface area contributed by atoms with Gasteiger partial charge in [-0.1, -0.05) is 23.7 Å². The molecule has 1 aliphatic heterocycles. The summed E-state index contributed by atoms with van der Waals surface area (Å²) in [7, 11) is 0. The number of amides is 1. The Morgan fingerprint density at radius 3 is 2.90 bits per heavy atom. The number of halogens is 1. The third-order valence-corrected chi connectivity index (χ3v) is 5.31. The van der Waals surface area contributed by atoms with Crippen LogP contribution < -0.4 is 0 Å². The lowest BCUT2D eigenvalue weighted by molar-refractivity contribution is -0.130. The molecule has 1 amide bonds. The molecule has 0 N–H and O–H groups in total. The Bertz CT molecular complexity index is 502. The first-order valence-corrected chi connectivity index (χ1v) is 8.08. The Balaban J connectivity index is 1.66. The van der Waals surface area contributed by atoms with Gasteiger partial charge in [-0.05, 0) is 62.1 Å². The predicted octanol–water partition coefficient (Wildman–Crippen LogP) is 4.23.